The largest absolute Gasteiger partial charge is 0.495 e. The van der Waals surface area contributed by atoms with Gasteiger partial charge in [0.1, 0.15) is 5.75 Å². The van der Waals surface area contributed by atoms with Crippen LogP contribution in [0.4, 0.5) is 0 Å². The first kappa shape index (κ1) is 11.1. The molecule has 2 aromatic rings. The maximum atomic E-state index is 5.34. The molecule has 2 rings (SSSR count). The van der Waals surface area contributed by atoms with Crippen LogP contribution in [0.1, 0.15) is 0 Å². The molecule has 5 heteroatoms. The van der Waals surface area contributed by atoms with Gasteiger partial charge in [-0.25, -0.2) is 4.98 Å². The zero-order valence-electron chi connectivity index (χ0n) is 7.83. The molecule has 1 aromatic heterocycles. The predicted molar refractivity (Wildman–Crippen MR) is 69.5 cm³/mol. The van der Waals surface area contributed by atoms with Crippen molar-refractivity contribution in [1.29, 1.82) is 0 Å². The van der Waals surface area contributed by atoms with Crippen molar-refractivity contribution < 1.29 is 4.74 Å². The molecule has 0 spiro atoms. The van der Waals surface area contributed by atoms with E-state index >= 15 is 0 Å². The fraction of sp³-hybridized carbons (Fsp3) is 0.100. The molecule has 0 saturated carbocycles. The lowest BCUT2D eigenvalue weighted by molar-refractivity contribution is 0.413. The molecule has 0 aliphatic heterocycles. The van der Waals surface area contributed by atoms with Crippen molar-refractivity contribution in [3.8, 4) is 17.0 Å². The fourth-order valence-corrected chi connectivity index (χ4v) is 2.83. The number of hydrogen-bond acceptors (Lipinski definition) is 3. The van der Waals surface area contributed by atoms with Gasteiger partial charge in [0.15, 0.2) is 3.92 Å². The van der Waals surface area contributed by atoms with Crippen LogP contribution in [0.2, 0.25) is 0 Å². The molecule has 0 N–H and O–H groups in total. The quantitative estimate of drug-likeness (QED) is 0.805. The van der Waals surface area contributed by atoms with E-state index in [1.165, 1.54) is 0 Å². The van der Waals surface area contributed by atoms with E-state index in [4.69, 9.17) is 4.74 Å². The smallest absolute Gasteiger partial charge is 0.159 e. The van der Waals surface area contributed by atoms with Gasteiger partial charge in [-0.3, -0.25) is 0 Å². The van der Waals surface area contributed by atoms with Gasteiger partial charge in [0.05, 0.1) is 17.3 Å². The van der Waals surface area contributed by atoms with E-state index < -0.39 is 0 Å². The second-order valence-corrected chi connectivity index (χ2v) is 5.79. The summed E-state index contributed by atoms with van der Waals surface area (Å²) in [6, 6.07) is 5.91. The Kier molecular flexibility index (Phi) is 3.43. The molecule has 0 atom stereocenters. The minimum atomic E-state index is 0.815. The minimum absolute atomic E-state index is 0.815. The van der Waals surface area contributed by atoms with Crippen LogP contribution in [-0.2, 0) is 0 Å². The van der Waals surface area contributed by atoms with Gasteiger partial charge in [0.25, 0.3) is 0 Å². The first-order valence-electron chi connectivity index (χ1n) is 4.16. The molecule has 1 heterocycles. The lowest BCUT2D eigenvalue weighted by atomic mass is 10.1. The molecule has 0 amide bonds. The van der Waals surface area contributed by atoms with E-state index in [0.29, 0.717) is 0 Å². The molecule has 0 aliphatic rings. The van der Waals surface area contributed by atoms with Gasteiger partial charge in [-0.2, -0.15) is 0 Å². The summed E-state index contributed by atoms with van der Waals surface area (Å²) in [4.78, 5) is 4.36. The number of rotatable bonds is 2. The van der Waals surface area contributed by atoms with Crippen molar-refractivity contribution in [3.05, 3.63) is 32.0 Å². The Hall–Kier alpha value is -0.390. The zero-order valence-corrected chi connectivity index (χ0v) is 11.8. The molecule has 0 radical (unpaired) electrons. The third kappa shape index (κ3) is 2.24. The topological polar surface area (TPSA) is 22.1 Å². The van der Waals surface area contributed by atoms with E-state index in [1.807, 2.05) is 23.6 Å². The van der Waals surface area contributed by atoms with E-state index in [0.717, 1.165) is 25.4 Å². The molecular formula is C10H7Br2NOS. The molecule has 2 nitrogen and oxygen atoms in total. The van der Waals surface area contributed by atoms with Crippen LogP contribution in [0.25, 0.3) is 11.3 Å². The molecule has 78 valence electrons. The number of thiazole rings is 1. The first-order valence-corrected chi connectivity index (χ1v) is 6.63. The molecule has 0 unspecified atom stereocenters. The zero-order chi connectivity index (χ0) is 10.8. The van der Waals surface area contributed by atoms with Crippen molar-refractivity contribution in [1.82, 2.24) is 4.98 Å². The van der Waals surface area contributed by atoms with Gasteiger partial charge < -0.3 is 4.74 Å². The van der Waals surface area contributed by atoms with Crippen LogP contribution in [0, 0.1) is 0 Å². The van der Waals surface area contributed by atoms with Crippen molar-refractivity contribution in [3.63, 3.8) is 0 Å². The van der Waals surface area contributed by atoms with Crippen LogP contribution >= 0.6 is 43.2 Å². The van der Waals surface area contributed by atoms with Crippen LogP contribution < -0.4 is 4.74 Å². The van der Waals surface area contributed by atoms with Gasteiger partial charge in [0.2, 0.25) is 0 Å². The number of benzene rings is 1. The number of aromatic nitrogens is 1. The van der Waals surface area contributed by atoms with Gasteiger partial charge in [-0.15, -0.1) is 11.3 Å². The SMILES string of the molecule is COc1c(Br)cccc1-c1csc(Br)n1. The number of ether oxygens (including phenoxy) is 1. The molecule has 0 fully saturated rings. The average Bonchev–Trinajstić information content (AvgIpc) is 2.64. The highest BCUT2D eigenvalue weighted by atomic mass is 79.9. The minimum Gasteiger partial charge on any atom is -0.495 e. The second-order valence-electron chi connectivity index (χ2n) is 2.81. The molecule has 0 bridgehead atoms. The second kappa shape index (κ2) is 4.63. The van der Waals surface area contributed by atoms with Crippen molar-refractivity contribution in [2.75, 3.05) is 7.11 Å². The Bertz CT molecular complexity index is 484. The van der Waals surface area contributed by atoms with E-state index in [2.05, 4.69) is 36.8 Å². The third-order valence-corrected chi connectivity index (χ3v) is 3.91. The van der Waals surface area contributed by atoms with Crippen molar-refractivity contribution in [2.24, 2.45) is 0 Å². The Balaban J connectivity index is 2.57. The van der Waals surface area contributed by atoms with E-state index in [-0.39, 0.29) is 0 Å². The van der Waals surface area contributed by atoms with Crippen LogP contribution in [0.5, 0.6) is 5.75 Å². The summed E-state index contributed by atoms with van der Waals surface area (Å²) < 4.78 is 7.15. The van der Waals surface area contributed by atoms with E-state index in [9.17, 15) is 0 Å². The summed E-state index contributed by atoms with van der Waals surface area (Å²) >= 11 is 8.36. The van der Waals surface area contributed by atoms with Crippen molar-refractivity contribution >= 4 is 43.2 Å². The van der Waals surface area contributed by atoms with Crippen molar-refractivity contribution in [2.45, 2.75) is 0 Å². The van der Waals surface area contributed by atoms with Crippen LogP contribution in [0.15, 0.2) is 32.0 Å². The Morgan fingerprint density at radius 1 is 1.33 bits per heavy atom. The summed E-state index contributed by atoms with van der Waals surface area (Å²) in [5.41, 5.74) is 1.92. The average molecular weight is 349 g/mol. The maximum Gasteiger partial charge on any atom is 0.159 e. The lowest BCUT2D eigenvalue weighted by Crippen LogP contribution is -1.89. The third-order valence-electron chi connectivity index (χ3n) is 1.92. The van der Waals surface area contributed by atoms with Gasteiger partial charge >= 0.3 is 0 Å². The monoisotopic (exact) mass is 347 g/mol. The molecule has 1 aromatic carbocycles. The normalized spacial score (nSPS) is 10.3. The summed E-state index contributed by atoms with van der Waals surface area (Å²) in [5.74, 6) is 0.815. The number of para-hydroxylation sites is 1. The molecule has 0 saturated heterocycles. The highest BCUT2D eigenvalue weighted by molar-refractivity contribution is 9.11. The summed E-state index contributed by atoms with van der Waals surface area (Å²) in [6.45, 7) is 0. The lowest BCUT2D eigenvalue weighted by Gasteiger charge is -2.07. The summed E-state index contributed by atoms with van der Waals surface area (Å²) in [6.07, 6.45) is 0. The predicted octanol–water partition coefficient (Wildman–Crippen LogP) is 4.34. The number of halogens is 2. The fourth-order valence-electron chi connectivity index (χ4n) is 1.29. The highest BCUT2D eigenvalue weighted by Crippen LogP contribution is 2.37. The number of hydrogen-bond donors (Lipinski definition) is 0. The van der Waals surface area contributed by atoms with Gasteiger partial charge in [-0.1, -0.05) is 6.07 Å². The highest BCUT2D eigenvalue weighted by Gasteiger charge is 2.11. The Morgan fingerprint density at radius 2 is 2.13 bits per heavy atom. The van der Waals surface area contributed by atoms with Crippen LogP contribution in [-0.4, -0.2) is 12.1 Å². The van der Waals surface area contributed by atoms with Gasteiger partial charge in [-0.05, 0) is 44.0 Å². The number of nitrogens with zero attached hydrogens (tertiary/aromatic N) is 1. The standard InChI is InChI=1S/C10H7Br2NOS/c1-14-9-6(3-2-4-7(9)11)8-5-15-10(12)13-8/h2-5H,1H3. The molecular weight excluding hydrogens is 342 g/mol. The Morgan fingerprint density at radius 3 is 2.73 bits per heavy atom. The Labute approximate surface area is 109 Å². The van der Waals surface area contributed by atoms with Crippen LogP contribution in [0.3, 0.4) is 0 Å². The number of methoxy groups -OCH3 is 1. The molecule has 15 heavy (non-hydrogen) atoms. The molecule has 0 aliphatic carbocycles. The maximum absolute atomic E-state index is 5.34. The first-order chi connectivity index (χ1) is 7.22. The van der Waals surface area contributed by atoms with Gasteiger partial charge in [0, 0.05) is 10.9 Å². The summed E-state index contributed by atoms with van der Waals surface area (Å²) in [5, 5.41) is 1.99. The summed E-state index contributed by atoms with van der Waals surface area (Å²) in [7, 11) is 1.66. The van der Waals surface area contributed by atoms with E-state index in [1.54, 1.807) is 18.4 Å².